The summed E-state index contributed by atoms with van der Waals surface area (Å²) >= 11 is 0. The van der Waals surface area contributed by atoms with Gasteiger partial charge >= 0.3 is 0 Å². The van der Waals surface area contributed by atoms with E-state index in [2.05, 4.69) is 20.0 Å². The first-order chi connectivity index (χ1) is 17.0. The summed E-state index contributed by atoms with van der Waals surface area (Å²) in [6.07, 6.45) is 3.50. The Morgan fingerprint density at radius 2 is 1.51 bits per heavy atom. The Bertz CT molecular complexity index is 1160. The number of rotatable bonds is 6. The third-order valence-electron chi connectivity index (χ3n) is 7.14. The minimum absolute atomic E-state index is 0.157. The van der Waals surface area contributed by atoms with Gasteiger partial charge in [0.05, 0.1) is 5.69 Å². The molecule has 0 unspecified atom stereocenters. The lowest BCUT2D eigenvalue weighted by Crippen LogP contribution is -2.48. The number of amides is 1. The molecule has 184 valence electrons. The van der Waals surface area contributed by atoms with Gasteiger partial charge in [0.15, 0.2) is 11.6 Å². The highest BCUT2D eigenvalue weighted by Crippen LogP contribution is 2.22. The fourth-order valence-electron chi connectivity index (χ4n) is 5.06. The molecule has 1 aromatic carbocycles. The van der Waals surface area contributed by atoms with E-state index < -0.39 is 0 Å². The molecule has 2 aromatic heterocycles. The monoisotopic (exact) mass is 477 g/mol. The van der Waals surface area contributed by atoms with Gasteiger partial charge in [0.25, 0.3) is 0 Å². The Labute approximate surface area is 205 Å². The number of piperazine rings is 1. The Balaban J connectivity index is 1.18. The minimum Gasteiger partial charge on any atom is -0.368 e. The van der Waals surface area contributed by atoms with Crippen molar-refractivity contribution in [2.45, 2.75) is 39.5 Å². The van der Waals surface area contributed by atoms with E-state index in [-0.39, 0.29) is 11.7 Å². The Morgan fingerprint density at radius 3 is 2.17 bits per heavy atom. The average Bonchev–Trinajstić information content (AvgIpc) is 3.52. The van der Waals surface area contributed by atoms with E-state index in [0.717, 1.165) is 54.6 Å². The van der Waals surface area contributed by atoms with Crippen LogP contribution < -0.4 is 9.80 Å². The number of carbonyl (C=O) groups is 1. The van der Waals surface area contributed by atoms with Crippen LogP contribution in [0.1, 0.15) is 36.2 Å². The Kier molecular flexibility index (Phi) is 6.66. The van der Waals surface area contributed by atoms with Crippen molar-refractivity contribution >= 4 is 17.4 Å². The quantitative estimate of drug-likeness (QED) is 0.543. The standard InChI is InChI=1S/C26H32FN7O/c1-19-23(20(2)34(30-19)25-11-10-24(28-29-25)32-13-3-4-14-32)9-12-26(35)33-17-15-31(16-18-33)22-7-5-21(27)6-8-22/h5-8,10-11H,3-4,9,12-18H2,1-2H3. The Hall–Kier alpha value is -3.49. The van der Waals surface area contributed by atoms with Gasteiger partial charge in [-0.15, -0.1) is 10.2 Å². The molecule has 0 N–H and O–H groups in total. The third kappa shape index (κ3) is 4.99. The van der Waals surface area contributed by atoms with E-state index in [1.165, 1.54) is 25.0 Å². The highest BCUT2D eigenvalue weighted by atomic mass is 19.1. The van der Waals surface area contributed by atoms with Crippen LogP contribution in [0.15, 0.2) is 36.4 Å². The van der Waals surface area contributed by atoms with Crippen molar-refractivity contribution in [1.29, 1.82) is 0 Å². The first-order valence-corrected chi connectivity index (χ1v) is 12.4. The molecule has 5 rings (SSSR count). The van der Waals surface area contributed by atoms with Crippen molar-refractivity contribution in [3.63, 3.8) is 0 Å². The number of anilines is 2. The van der Waals surface area contributed by atoms with E-state index in [4.69, 9.17) is 5.10 Å². The van der Waals surface area contributed by atoms with Crippen LogP contribution in [0.5, 0.6) is 0 Å². The van der Waals surface area contributed by atoms with Crippen LogP contribution >= 0.6 is 0 Å². The van der Waals surface area contributed by atoms with Crippen LogP contribution in [0.2, 0.25) is 0 Å². The molecule has 0 atom stereocenters. The number of carbonyl (C=O) groups excluding carboxylic acids is 1. The highest BCUT2D eigenvalue weighted by molar-refractivity contribution is 5.77. The largest absolute Gasteiger partial charge is 0.368 e. The minimum atomic E-state index is -0.234. The number of hydrogen-bond acceptors (Lipinski definition) is 6. The topological polar surface area (TPSA) is 70.4 Å². The van der Waals surface area contributed by atoms with Crippen LogP contribution in [0, 0.1) is 19.7 Å². The zero-order valence-electron chi connectivity index (χ0n) is 20.5. The predicted molar refractivity (Wildman–Crippen MR) is 134 cm³/mol. The van der Waals surface area contributed by atoms with Gasteiger partial charge in [0.1, 0.15) is 5.82 Å². The van der Waals surface area contributed by atoms with Crippen molar-refractivity contribution in [3.8, 4) is 5.82 Å². The van der Waals surface area contributed by atoms with Crippen LogP contribution in [-0.4, -0.2) is 70.1 Å². The summed E-state index contributed by atoms with van der Waals surface area (Å²) in [5.74, 6) is 1.54. The third-order valence-corrected chi connectivity index (χ3v) is 7.14. The summed E-state index contributed by atoms with van der Waals surface area (Å²) in [5, 5.41) is 13.5. The van der Waals surface area contributed by atoms with Gasteiger partial charge in [-0.1, -0.05) is 0 Å². The molecule has 1 amide bonds. The fraction of sp³-hybridized carbons (Fsp3) is 0.462. The molecule has 2 aliphatic rings. The number of aryl methyl sites for hydroxylation is 1. The van der Waals surface area contributed by atoms with E-state index >= 15 is 0 Å². The second-order valence-corrected chi connectivity index (χ2v) is 9.35. The number of nitrogens with zero attached hydrogens (tertiary/aromatic N) is 7. The maximum absolute atomic E-state index is 13.2. The fourth-order valence-corrected chi connectivity index (χ4v) is 5.06. The summed E-state index contributed by atoms with van der Waals surface area (Å²) in [6, 6.07) is 10.5. The molecule has 2 aliphatic heterocycles. The van der Waals surface area contributed by atoms with E-state index in [1.54, 1.807) is 12.1 Å². The first-order valence-electron chi connectivity index (χ1n) is 12.4. The average molecular weight is 478 g/mol. The Morgan fingerprint density at radius 1 is 0.857 bits per heavy atom. The molecular formula is C26H32FN7O. The summed E-state index contributed by atoms with van der Waals surface area (Å²) in [5.41, 5.74) is 4.00. The zero-order chi connectivity index (χ0) is 24.4. The summed E-state index contributed by atoms with van der Waals surface area (Å²) in [7, 11) is 0. The van der Waals surface area contributed by atoms with Crippen LogP contribution in [0.4, 0.5) is 15.9 Å². The molecule has 35 heavy (non-hydrogen) atoms. The molecule has 8 nitrogen and oxygen atoms in total. The molecule has 2 fully saturated rings. The number of benzene rings is 1. The van der Waals surface area contributed by atoms with Crippen molar-refractivity contribution in [2.75, 3.05) is 49.1 Å². The van der Waals surface area contributed by atoms with Gasteiger partial charge in [0, 0.05) is 57.1 Å². The number of aromatic nitrogens is 4. The normalized spacial score (nSPS) is 16.3. The molecule has 0 spiro atoms. The van der Waals surface area contributed by atoms with Crippen molar-refractivity contribution in [2.24, 2.45) is 0 Å². The van der Waals surface area contributed by atoms with Crippen LogP contribution in [-0.2, 0) is 11.2 Å². The molecule has 0 radical (unpaired) electrons. The lowest BCUT2D eigenvalue weighted by atomic mass is 10.1. The summed E-state index contributed by atoms with van der Waals surface area (Å²) in [6.45, 7) is 8.92. The zero-order valence-corrected chi connectivity index (χ0v) is 20.5. The molecular weight excluding hydrogens is 445 g/mol. The van der Waals surface area contributed by atoms with Crippen molar-refractivity contribution in [3.05, 3.63) is 59.2 Å². The SMILES string of the molecule is Cc1nn(-c2ccc(N3CCCC3)nn2)c(C)c1CCC(=O)N1CCN(c2ccc(F)cc2)CC1. The first kappa shape index (κ1) is 23.3. The molecule has 2 saturated heterocycles. The number of halogens is 1. The second kappa shape index (κ2) is 10.0. The lowest BCUT2D eigenvalue weighted by Gasteiger charge is -2.36. The summed E-state index contributed by atoms with van der Waals surface area (Å²) in [4.78, 5) is 19.3. The van der Waals surface area contributed by atoms with Gasteiger partial charge in [-0.05, 0) is 75.1 Å². The highest BCUT2D eigenvalue weighted by Gasteiger charge is 2.23. The molecule has 4 heterocycles. The van der Waals surface area contributed by atoms with E-state index in [0.29, 0.717) is 31.7 Å². The van der Waals surface area contributed by atoms with Gasteiger partial charge in [-0.2, -0.15) is 5.10 Å². The van der Waals surface area contributed by atoms with Gasteiger partial charge in [-0.3, -0.25) is 4.79 Å². The van der Waals surface area contributed by atoms with Crippen molar-refractivity contribution < 1.29 is 9.18 Å². The second-order valence-electron chi connectivity index (χ2n) is 9.35. The van der Waals surface area contributed by atoms with Crippen molar-refractivity contribution in [1.82, 2.24) is 24.9 Å². The molecule has 0 bridgehead atoms. The van der Waals surface area contributed by atoms with Gasteiger partial charge in [0.2, 0.25) is 5.91 Å². The van der Waals surface area contributed by atoms with Crippen LogP contribution in [0.25, 0.3) is 5.82 Å². The molecule has 0 aliphatic carbocycles. The van der Waals surface area contributed by atoms with Gasteiger partial charge < -0.3 is 14.7 Å². The van der Waals surface area contributed by atoms with Crippen LogP contribution in [0.3, 0.4) is 0 Å². The maximum Gasteiger partial charge on any atom is 0.223 e. The van der Waals surface area contributed by atoms with Gasteiger partial charge in [-0.25, -0.2) is 9.07 Å². The molecule has 9 heteroatoms. The summed E-state index contributed by atoms with van der Waals surface area (Å²) < 4.78 is 15.0. The lowest BCUT2D eigenvalue weighted by molar-refractivity contribution is -0.131. The van der Waals surface area contributed by atoms with E-state index in [9.17, 15) is 9.18 Å². The van der Waals surface area contributed by atoms with E-state index in [1.807, 2.05) is 35.6 Å². The predicted octanol–water partition coefficient (Wildman–Crippen LogP) is 3.30. The number of hydrogen-bond donors (Lipinski definition) is 0. The maximum atomic E-state index is 13.2. The smallest absolute Gasteiger partial charge is 0.223 e. The molecule has 3 aromatic rings. The molecule has 0 saturated carbocycles.